The number of benzene rings is 4. The van der Waals surface area contributed by atoms with Crippen molar-refractivity contribution in [2.24, 2.45) is 5.41 Å². The van der Waals surface area contributed by atoms with E-state index in [4.69, 9.17) is 26.4 Å². The summed E-state index contributed by atoms with van der Waals surface area (Å²) >= 11 is 7.24. The van der Waals surface area contributed by atoms with Gasteiger partial charge in [-0.3, -0.25) is 28.9 Å². The van der Waals surface area contributed by atoms with Crippen LogP contribution in [0.2, 0.25) is 0 Å². The van der Waals surface area contributed by atoms with Gasteiger partial charge in [0.2, 0.25) is 17.7 Å². The Morgan fingerprint density at radius 2 is 1.52 bits per heavy atom. The number of thiocarbonyl (C=S) groups is 1. The lowest BCUT2D eigenvalue weighted by atomic mass is 9.83. The Labute approximate surface area is 455 Å². The molecule has 406 valence electrons. The van der Waals surface area contributed by atoms with Crippen LogP contribution in [0.4, 0.5) is 24.5 Å². The van der Waals surface area contributed by atoms with Gasteiger partial charge in [-0.05, 0) is 158 Å². The van der Waals surface area contributed by atoms with E-state index >= 15 is 0 Å². The number of likely N-dealkylation sites (tertiary alicyclic amines) is 1. The van der Waals surface area contributed by atoms with Crippen molar-refractivity contribution in [2.45, 2.75) is 117 Å². The van der Waals surface area contributed by atoms with Gasteiger partial charge in [-0.25, -0.2) is 4.98 Å². The van der Waals surface area contributed by atoms with Crippen LogP contribution in [0, 0.1) is 23.7 Å². The van der Waals surface area contributed by atoms with Gasteiger partial charge in [0.1, 0.15) is 35.6 Å². The number of alkyl halides is 3. The van der Waals surface area contributed by atoms with Gasteiger partial charge in [0.05, 0.1) is 51.0 Å². The first-order valence-corrected chi connectivity index (χ1v) is 26.4. The molecule has 1 aromatic heterocycles. The predicted molar refractivity (Wildman–Crippen MR) is 291 cm³/mol. The van der Waals surface area contributed by atoms with Gasteiger partial charge in [-0.15, -0.1) is 11.3 Å². The van der Waals surface area contributed by atoms with E-state index in [1.165, 1.54) is 24.8 Å². The van der Waals surface area contributed by atoms with Gasteiger partial charge in [0.15, 0.2) is 5.11 Å². The van der Waals surface area contributed by atoms with Crippen molar-refractivity contribution in [1.82, 2.24) is 20.5 Å². The maximum atomic E-state index is 14.4. The van der Waals surface area contributed by atoms with Gasteiger partial charge in [-0.1, -0.05) is 48.5 Å². The largest absolute Gasteiger partial charge is 0.494 e. The molecule has 2 N–H and O–H groups in total. The maximum absolute atomic E-state index is 14.4. The number of hydrogen-bond donors (Lipinski definition) is 2. The van der Waals surface area contributed by atoms with Crippen molar-refractivity contribution >= 4 is 69.6 Å². The van der Waals surface area contributed by atoms with Crippen molar-refractivity contribution in [3.63, 3.8) is 0 Å². The molecular formula is C57H62F3N7O8S2. The molecule has 3 heterocycles. The van der Waals surface area contributed by atoms with Gasteiger partial charge in [-0.2, -0.15) is 18.4 Å². The van der Waals surface area contributed by atoms with E-state index in [0.29, 0.717) is 43.7 Å². The number of amides is 4. The second-order valence-electron chi connectivity index (χ2n) is 20.9. The first kappa shape index (κ1) is 57.5. The van der Waals surface area contributed by atoms with E-state index < -0.39 is 69.6 Å². The van der Waals surface area contributed by atoms with E-state index in [2.05, 4.69) is 15.6 Å². The number of nitriles is 1. The number of nitrogens with zero attached hydrogens (tertiary/aromatic N) is 5. The molecule has 2 aliphatic rings. The van der Waals surface area contributed by atoms with Crippen LogP contribution in [0.5, 0.6) is 5.75 Å². The highest BCUT2D eigenvalue weighted by atomic mass is 32.1. The molecule has 2 fully saturated rings. The molecule has 4 amide bonds. The Morgan fingerprint density at radius 3 is 2.13 bits per heavy atom. The fourth-order valence-electron chi connectivity index (χ4n) is 9.08. The summed E-state index contributed by atoms with van der Waals surface area (Å²) in [4.78, 5) is 78.3. The number of unbranched alkanes of at least 4 members (excludes halogenated alkanes) is 1. The molecule has 0 bridgehead atoms. The molecule has 77 heavy (non-hydrogen) atoms. The van der Waals surface area contributed by atoms with Gasteiger partial charge in [0.25, 0.3) is 5.91 Å². The summed E-state index contributed by atoms with van der Waals surface area (Å²) in [7, 11) is 0. The van der Waals surface area contributed by atoms with Gasteiger partial charge < -0.3 is 34.6 Å². The highest BCUT2D eigenvalue weighted by Gasteiger charge is 2.51. The zero-order valence-corrected chi connectivity index (χ0v) is 45.8. The minimum absolute atomic E-state index is 0.00413. The number of thiazole rings is 1. The van der Waals surface area contributed by atoms with Crippen molar-refractivity contribution < 1.29 is 51.4 Å². The molecule has 1 unspecified atom stereocenters. The van der Waals surface area contributed by atoms with Crippen LogP contribution >= 0.6 is 23.6 Å². The summed E-state index contributed by atoms with van der Waals surface area (Å²) in [6.45, 7) is 14.1. The highest BCUT2D eigenvalue weighted by Crippen LogP contribution is 2.40. The van der Waals surface area contributed by atoms with E-state index in [0.717, 1.165) is 49.9 Å². The minimum Gasteiger partial charge on any atom is -0.494 e. The highest BCUT2D eigenvalue weighted by molar-refractivity contribution is 7.81. The third kappa shape index (κ3) is 13.3. The number of ether oxygens (including phenoxy) is 3. The number of anilines is 2. The van der Waals surface area contributed by atoms with Crippen molar-refractivity contribution in [3.8, 4) is 33.4 Å². The fraction of sp³-hybridized carbons (Fsp3) is 0.404. The van der Waals surface area contributed by atoms with Crippen LogP contribution in [0.15, 0.2) is 96.5 Å². The lowest BCUT2D eigenvalue weighted by Crippen LogP contribution is -2.61. The molecule has 4 aromatic carbocycles. The van der Waals surface area contributed by atoms with Crippen LogP contribution in [-0.2, 0) is 46.2 Å². The number of aromatic nitrogens is 1. The number of esters is 1. The Hall–Kier alpha value is -7.21. The first-order chi connectivity index (χ1) is 36.3. The number of carbonyl (C=O) groups excluding carboxylic acids is 5. The van der Waals surface area contributed by atoms with Crippen LogP contribution in [0.3, 0.4) is 0 Å². The lowest BCUT2D eigenvalue weighted by molar-refractivity contribution is -0.170. The molecule has 2 atom stereocenters. The Kier molecular flexibility index (Phi) is 17.6. The number of nitrogens with one attached hydrogen (secondary N) is 2. The zero-order valence-electron chi connectivity index (χ0n) is 44.2. The zero-order chi connectivity index (χ0) is 56.0. The maximum Gasteiger partial charge on any atom is 0.417 e. The molecule has 0 saturated carbocycles. The average molecular weight is 1090 g/mol. The fourth-order valence-corrected chi connectivity index (χ4v) is 10.4. The monoisotopic (exact) mass is 1090 g/mol. The molecule has 0 spiro atoms. The van der Waals surface area contributed by atoms with Gasteiger partial charge in [0, 0.05) is 25.4 Å². The van der Waals surface area contributed by atoms with Gasteiger partial charge >= 0.3 is 12.1 Å². The molecule has 0 aliphatic carbocycles. The summed E-state index contributed by atoms with van der Waals surface area (Å²) < 4.78 is 58.8. The Bertz CT molecular complexity index is 3040. The number of rotatable bonds is 19. The van der Waals surface area contributed by atoms with Crippen LogP contribution in [-0.4, -0.2) is 94.2 Å². The number of halogens is 3. The third-order valence-electron chi connectivity index (χ3n) is 13.3. The molecular weight excluding hydrogens is 1030 g/mol. The van der Waals surface area contributed by atoms with E-state index in [1.54, 1.807) is 74.6 Å². The summed E-state index contributed by atoms with van der Waals surface area (Å²) in [5.41, 5.74) is 1.49. The van der Waals surface area contributed by atoms with E-state index in [-0.39, 0.29) is 43.0 Å². The summed E-state index contributed by atoms with van der Waals surface area (Å²) in [6, 6.07) is 25.0. The quantitative estimate of drug-likeness (QED) is 0.0454. The molecule has 0 radical (unpaired) electrons. The van der Waals surface area contributed by atoms with E-state index in [1.807, 2.05) is 67.6 Å². The second kappa shape index (κ2) is 23.6. The summed E-state index contributed by atoms with van der Waals surface area (Å²) in [6.07, 6.45) is -2.70. The van der Waals surface area contributed by atoms with Crippen molar-refractivity contribution in [1.29, 1.82) is 5.26 Å². The number of aryl methyl sites for hydroxylation is 1. The molecule has 2 aliphatic heterocycles. The molecule has 20 heteroatoms. The average Bonchev–Trinajstić information content (AvgIpc) is 4.19. The molecule has 2 saturated heterocycles. The Morgan fingerprint density at radius 1 is 0.896 bits per heavy atom. The SMILES string of the molecule is Cc1ncsc1-c1ccc(CNC(=O)[C@@H]2CCCN2C(=O)C(NC(=O)COCCCCOc2ccc(-c3ccc(N4C(=S)N(c5ccc(C#N)c(C(F)(F)F)c5)C(=O)C4(C)C)cc3)cc2)C(C)(C)C(=O)OC(C)(C)C)cc1. The molecule has 5 aromatic rings. The topological polar surface area (TPSA) is 183 Å². The Balaban J connectivity index is 0.882. The smallest absolute Gasteiger partial charge is 0.417 e. The van der Waals surface area contributed by atoms with Crippen LogP contribution in [0.25, 0.3) is 21.6 Å². The normalized spacial score (nSPS) is 16.0. The second-order valence-corrected chi connectivity index (χ2v) is 22.2. The molecule has 15 nitrogen and oxygen atoms in total. The van der Waals surface area contributed by atoms with Crippen LogP contribution < -0.4 is 25.2 Å². The van der Waals surface area contributed by atoms with Crippen molar-refractivity contribution in [2.75, 3.05) is 36.2 Å². The molecule has 7 rings (SSSR count). The van der Waals surface area contributed by atoms with Crippen molar-refractivity contribution in [3.05, 3.63) is 119 Å². The first-order valence-electron chi connectivity index (χ1n) is 25.1. The van der Waals surface area contributed by atoms with Crippen LogP contribution in [0.1, 0.15) is 96.5 Å². The minimum atomic E-state index is -4.81. The third-order valence-corrected chi connectivity index (χ3v) is 14.7. The summed E-state index contributed by atoms with van der Waals surface area (Å²) in [5.74, 6) is -2.11. The van der Waals surface area contributed by atoms with E-state index in [9.17, 15) is 42.4 Å². The standard InChI is InChI=1S/C57H62F3N7O8S2/c1-35-47(77-34-63-35)39-15-13-36(14-16-39)32-62-49(69)45-12-11-27-65(45)50(70)48(55(5,6)52(72)75-54(2,3)4)64-46(68)33-73-28-9-10-29-74-43-25-20-38(21-26-43)37-17-22-41(23-18-37)67-53(76)66(51(71)56(67,7)8)42-24-19-40(31-61)44(30-42)57(58,59)60/h13-26,30,34,45,48H,9-12,27-29,32-33H2,1-8H3,(H,62,69)(H,64,68)/t45-,48?/m0/s1. The number of hydrogen-bond acceptors (Lipinski definition) is 12. The summed E-state index contributed by atoms with van der Waals surface area (Å²) in [5, 5.41) is 15.0. The lowest BCUT2D eigenvalue weighted by Gasteiger charge is -2.37. The predicted octanol–water partition coefficient (Wildman–Crippen LogP) is 9.93. The number of carbonyl (C=O) groups is 5.